The summed E-state index contributed by atoms with van der Waals surface area (Å²) in [6, 6.07) is 5.56. The van der Waals surface area contributed by atoms with Gasteiger partial charge >= 0.3 is 0 Å². The zero-order chi connectivity index (χ0) is 10.4. The summed E-state index contributed by atoms with van der Waals surface area (Å²) in [6.45, 7) is 2.91. The maximum absolute atomic E-state index is 5.51. The van der Waals surface area contributed by atoms with E-state index < -0.39 is 0 Å². The summed E-state index contributed by atoms with van der Waals surface area (Å²) in [6.07, 6.45) is 0.000486. The van der Waals surface area contributed by atoms with Crippen LogP contribution in [0.4, 0.5) is 0 Å². The SMILES string of the molecule is COCC(C)Oc1cccc(CN)n1. The van der Waals surface area contributed by atoms with Gasteiger partial charge in [-0.25, -0.2) is 4.98 Å². The summed E-state index contributed by atoms with van der Waals surface area (Å²) in [4.78, 5) is 4.21. The topological polar surface area (TPSA) is 57.4 Å². The molecule has 2 N–H and O–H groups in total. The Hall–Kier alpha value is -1.13. The fourth-order valence-corrected chi connectivity index (χ4v) is 1.11. The normalized spacial score (nSPS) is 12.5. The molecule has 4 heteroatoms. The number of methoxy groups -OCH3 is 1. The Morgan fingerprint density at radius 2 is 2.29 bits per heavy atom. The maximum atomic E-state index is 5.51. The van der Waals surface area contributed by atoms with Gasteiger partial charge in [0.1, 0.15) is 6.10 Å². The van der Waals surface area contributed by atoms with Gasteiger partial charge in [-0.3, -0.25) is 0 Å². The van der Waals surface area contributed by atoms with E-state index in [-0.39, 0.29) is 6.10 Å². The van der Waals surface area contributed by atoms with E-state index in [4.69, 9.17) is 15.2 Å². The number of hydrogen-bond donors (Lipinski definition) is 1. The molecule has 14 heavy (non-hydrogen) atoms. The van der Waals surface area contributed by atoms with Crippen LogP contribution in [0.3, 0.4) is 0 Å². The van der Waals surface area contributed by atoms with Crippen molar-refractivity contribution in [3.63, 3.8) is 0 Å². The van der Waals surface area contributed by atoms with E-state index in [2.05, 4.69) is 4.98 Å². The van der Waals surface area contributed by atoms with Crippen LogP contribution in [-0.2, 0) is 11.3 Å². The Balaban J connectivity index is 2.57. The third kappa shape index (κ3) is 3.32. The van der Waals surface area contributed by atoms with E-state index in [0.717, 1.165) is 5.69 Å². The van der Waals surface area contributed by atoms with Crippen LogP contribution in [0.1, 0.15) is 12.6 Å². The fourth-order valence-electron chi connectivity index (χ4n) is 1.11. The standard InChI is InChI=1S/C10H16N2O2/c1-8(7-13-2)14-10-5-3-4-9(6-11)12-10/h3-5,8H,6-7,11H2,1-2H3. The summed E-state index contributed by atoms with van der Waals surface area (Å²) in [7, 11) is 1.64. The van der Waals surface area contributed by atoms with Crippen molar-refractivity contribution in [2.24, 2.45) is 5.73 Å². The molecular formula is C10H16N2O2. The molecule has 0 aromatic carbocycles. The molecule has 0 saturated carbocycles. The first-order valence-corrected chi connectivity index (χ1v) is 4.58. The van der Waals surface area contributed by atoms with Gasteiger partial charge in [-0.2, -0.15) is 0 Å². The van der Waals surface area contributed by atoms with Crippen LogP contribution in [0.15, 0.2) is 18.2 Å². The van der Waals surface area contributed by atoms with E-state index in [0.29, 0.717) is 19.0 Å². The van der Waals surface area contributed by atoms with E-state index >= 15 is 0 Å². The molecule has 1 atom stereocenters. The van der Waals surface area contributed by atoms with Crippen LogP contribution >= 0.6 is 0 Å². The lowest BCUT2D eigenvalue weighted by molar-refractivity contribution is 0.0888. The first kappa shape index (κ1) is 10.9. The van der Waals surface area contributed by atoms with Crippen molar-refractivity contribution >= 4 is 0 Å². The summed E-state index contributed by atoms with van der Waals surface area (Å²) in [5, 5.41) is 0. The Kier molecular flexibility index (Phi) is 4.35. The number of pyridine rings is 1. The van der Waals surface area contributed by atoms with Gasteiger partial charge in [0.2, 0.25) is 5.88 Å². The van der Waals surface area contributed by atoms with E-state index in [1.165, 1.54) is 0 Å². The lowest BCUT2D eigenvalue weighted by Crippen LogP contribution is -2.18. The van der Waals surface area contributed by atoms with E-state index in [9.17, 15) is 0 Å². The van der Waals surface area contributed by atoms with E-state index in [1.54, 1.807) is 7.11 Å². The van der Waals surface area contributed by atoms with Crippen molar-refractivity contribution in [1.29, 1.82) is 0 Å². The fraction of sp³-hybridized carbons (Fsp3) is 0.500. The Morgan fingerprint density at radius 3 is 2.93 bits per heavy atom. The summed E-state index contributed by atoms with van der Waals surface area (Å²) in [5.41, 5.74) is 6.29. The third-order valence-corrected chi connectivity index (χ3v) is 1.71. The van der Waals surface area contributed by atoms with Gasteiger partial charge < -0.3 is 15.2 Å². The molecule has 0 aliphatic carbocycles. The van der Waals surface area contributed by atoms with Gasteiger partial charge in [0.15, 0.2) is 0 Å². The zero-order valence-corrected chi connectivity index (χ0v) is 8.56. The van der Waals surface area contributed by atoms with Crippen LogP contribution in [0.2, 0.25) is 0 Å². The second kappa shape index (κ2) is 5.57. The summed E-state index contributed by atoms with van der Waals surface area (Å²) < 4.78 is 10.5. The molecule has 78 valence electrons. The van der Waals surface area contributed by atoms with Crippen molar-refractivity contribution in [3.05, 3.63) is 23.9 Å². The van der Waals surface area contributed by atoms with Gasteiger partial charge in [0.25, 0.3) is 0 Å². The molecule has 1 aromatic rings. The van der Waals surface area contributed by atoms with Crippen molar-refractivity contribution in [2.75, 3.05) is 13.7 Å². The smallest absolute Gasteiger partial charge is 0.213 e. The van der Waals surface area contributed by atoms with Crippen LogP contribution < -0.4 is 10.5 Å². The highest BCUT2D eigenvalue weighted by Crippen LogP contribution is 2.09. The summed E-state index contributed by atoms with van der Waals surface area (Å²) in [5.74, 6) is 0.595. The zero-order valence-electron chi connectivity index (χ0n) is 8.56. The first-order chi connectivity index (χ1) is 6.76. The van der Waals surface area contributed by atoms with Gasteiger partial charge in [-0.15, -0.1) is 0 Å². The quantitative estimate of drug-likeness (QED) is 0.762. The first-order valence-electron chi connectivity index (χ1n) is 4.58. The molecule has 1 heterocycles. The minimum Gasteiger partial charge on any atom is -0.472 e. The number of hydrogen-bond acceptors (Lipinski definition) is 4. The molecule has 0 fully saturated rings. The number of nitrogens with zero attached hydrogens (tertiary/aromatic N) is 1. The predicted octanol–water partition coefficient (Wildman–Crippen LogP) is 0.954. The highest BCUT2D eigenvalue weighted by atomic mass is 16.5. The second-order valence-electron chi connectivity index (χ2n) is 3.06. The monoisotopic (exact) mass is 196 g/mol. The van der Waals surface area contributed by atoms with Crippen LogP contribution in [0, 0.1) is 0 Å². The van der Waals surface area contributed by atoms with Crippen molar-refractivity contribution in [3.8, 4) is 5.88 Å². The molecule has 0 amide bonds. The molecule has 0 bridgehead atoms. The van der Waals surface area contributed by atoms with Gasteiger partial charge in [0.05, 0.1) is 12.3 Å². The molecule has 1 aromatic heterocycles. The van der Waals surface area contributed by atoms with Crippen molar-refractivity contribution < 1.29 is 9.47 Å². The molecule has 0 spiro atoms. The number of ether oxygens (including phenoxy) is 2. The van der Waals surface area contributed by atoms with Gasteiger partial charge in [0, 0.05) is 19.7 Å². The maximum Gasteiger partial charge on any atom is 0.213 e. The molecule has 4 nitrogen and oxygen atoms in total. The molecule has 0 radical (unpaired) electrons. The average molecular weight is 196 g/mol. The Labute approximate surface area is 84.0 Å². The Bertz CT molecular complexity index is 279. The van der Waals surface area contributed by atoms with Crippen molar-refractivity contribution in [2.45, 2.75) is 19.6 Å². The minimum atomic E-state index is 0.000486. The highest BCUT2D eigenvalue weighted by molar-refractivity contribution is 5.15. The predicted molar refractivity (Wildman–Crippen MR) is 54.1 cm³/mol. The highest BCUT2D eigenvalue weighted by Gasteiger charge is 2.04. The van der Waals surface area contributed by atoms with Crippen LogP contribution in [0.25, 0.3) is 0 Å². The largest absolute Gasteiger partial charge is 0.472 e. The van der Waals surface area contributed by atoms with Crippen LogP contribution in [-0.4, -0.2) is 24.8 Å². The minimum absolute atomic E-state index is 0.000486. The second-order valence-corrected chi connectivity index (χ2v) is 3.06. The number of rotatable bonds is 5. The van der Waals surface area contributed by atoms with Crippen LogP contribution in [0.5, 0.6) is 5.88 Å². The summed E-state index contributed by atoms with van der Waals surface area (Å²) >= 11 is 0. The average Bonchev–Trinajstić information content (AvgIpc) is 2.18. The molecular weight excluding hydrogens is 180 g/mol. The van der Waals surface area contributed by atoms with Gasteiger partial charge in [-0.05, 0) is 13.0 Å². The van der Waals surface area contributed by atoms with Crippen molar-refractivity contribution in [1.82, 2.24) is 4.98 Å². The molecule has 0 saturated heterocycles. The van der Waals surface area contributed by atoms with E-state index in [1.807, 2.05) is 25.1 Å². The van der Waals surface area contributed by atoms with Gasteiger partial charge in [-0.1, -0.05) is 6.07 Å². The lowest BCUT2D eigenvalue weighted by atomic mass is 10.3. The molecule has 1 rings (SSSR count). The number of aromatic nitrogens is 1. The molecule has 0 aliphatic heterocycles. The molecule has 1 unspecified atom stereocenters. The Morgan fingerprint density at radius 1 is 1.50 bits per heavy atom. The molecule has 0 aliphatic rings. The number of nitrogens with two attached hydrogens (primary N) is 1. The third-order valence-electron chi connectivity index (χ3n) is 1.71. The lowest BCUT2D eigenvalue weighted by Gasteiger charge is -2.12.